The molecule has 0 aromatic heterocycles. The third-order valence-electron chi connectivity index (χ3n) is 4.85. The second-order valence-electron chi connectivity index (χ2n) is 8.25. The summed E-state index contributed by atoms with van der Waals surface area (Å²) in [5, 5.41) is 11.9. The van der Waals surface area contributed by atoms with Crippen molar-refractivity contribution in [3.05, 3.63) is 59.2 Å². The minimum absolute atomic E-state index is 0.0733. The second kappa shape index (κ2) is 8.25. The average molecular weight is 397 g/mol. The fourth-order valence-electron chi connectivity index (χ4n) is 3.68. The van der Waals surface area contributed by atoms with E-state index in [1.807, 2.05) is 45.0 Å². The maximum Gasteiger partial charge on any atom is 0.408 e. The second-order valence-corrected chi connectivity index (χ2v) is 8.25. The molecule has 0 bridgehead atoms. The van der Waals surface area contributed by atoms with Gasteiger partial charge in [0.15, 0.2) is 6.04 Å². The molecule has 2 aromatic carbocycles. The van der Waals surface area contributed by atoms with E-state index < -0.39 is 29.8 Å². The van der Waals surface area contributed by atoms with Gasteiger partial charge in [0.1, 0.15) is 6.61 Å². The molecule has 0 saturated heterocycles. The van der Waals surface area contributed by atoms with Gasteiger partial charge in [0.05, 0.1) is 11.7 Å². The first-order chi connectivity index (χ1) is 13.7. The summed E-state index contributed by atoms with van der Waals surface area (Å²) in [6.45, 7) is 7.17. The molecule has 2 atom stereocenters. The molecule has 6 heteroatoms. The SMILES string of the molecule is C[C@@H](OC(C)(C)C)[C@H](NC(=O)OCc1cccc2c1Cc1ccccc1-2)C(=O)O. The van der Waals surface area contributed by atoms with E-state index in [9.17, 15) is 14.7 Å². The Morgan fingerprint density at radius 2 is 1.79 bits per heavy atom. The van der Waals surface area contributed by atoms with Gasteiger partial charge in [-0.15, -0.1) is 0 Å². The Hall–Kier alpha value is -2.86. The van der Waals surface area contributed by atoms with Gasteiger partial charge >= 0.3 is 12.1 Å². The molecule has 0 aliphatic heterocycles. The predicted octanol–water partition coefficient (Wildman–Crippen LogP) is 4.14. The van der Waals surface area contributed by atoms with Crippen LogP contribution in [0, 0.1) is 0 Å². The predicted molar refractivity (Wildman–Crippen MR) is 110 cm³/mol. The zero-order valence-electron chi connectivity index (χ0n) is 17.2. The number of fused-ring (bicyclic) bond motifs is 3. The first kappa shape index (κ1) is 20.9. The van der Waals surface area contributed by atoms with Crippen molar-refractivity contribution in [2.24, 2.45) is 0 Å². The summed E-state index contributed by atoms with van der Waals surface area (Å²) >= 11 is 0. The van der Waals surface area contributed by atoms with Crippen molar-refractivity contribution in [3.8, 4) is 11.1 Å². The van der Waals surface area contributed by atoms with Gasteiger partial charge in [-0.2, -0.15) is 0 Å². The Morgan fingerprint density at radius 1 is 1.10 bits per heavy atom. The Morgan fingerprint density at radius 3 is 2.48 bits per heavy atom. The number of carboxylic acid groups (broad SMARTS) is 1. The van der Waals surface area contributed by atoms with Crippen LogP contribution in [-0.2, 0) is 27.3 Å². The quantitative estimate of drug-likeness (QED) is 0.653. The van der Waals surface area contributed by atoms with Crippen molar-refractivity contribution in [1.82, 2.24) is 5.32 Å². The van der Waals surface area contributed by atoms with Crippen LogP contribution < -0.4 is 5.32 Å². The van der Waals surface area contributed by atoms with Crippen LogP contribution in [0.2, 0.25) is 0 Å². The van der Waals surface area contributed by atoms with E-state index >= 15 is 0 Å². The zero-order valence-corrected chi connectivity index (χ0v) is 17.2. The van der Waals surface area contributed by atoms with Gasteiger partial charge in [0.2, 0.25) is 0 Å². The molecule has 0 saturated carbocycles. The van der Waals surface area contributed by atoms with Crippen molar-refractivity contribution >= 4 is 12.1 Å². The van der Waals surface area contributed by atoms with Crippen molar-refractivity contribution in [1.29, 1.82) is 0 Å². The summed E-state index contributed by atoms with van der Waals surface area (Å²) in [4.78, 5) is 23.8. The lowest BCUT2D eigenvalue weighted by Crippen LogP contribution is -2.50. The van der Waals surface area contributed by atoms with E-state index in [1.165, 1.54) is 11.1 Å². The van der Waals surface area contributed by atoms with E-state index in [1.54, 1.807) is 6.92 Å². The minimum atomic E-state index is -1.20. The van der Waals surface area contributed by atoms with E-state index in [0.717, 1.165) is 23.1 Å². The Bertz CT molecular complexity index is 916. The van der Waals surface area contributed by atoms with Gasteiger partial charge in [0.25, 0.3) is 0 Å². The molecule has 6 nitrogen and oxygen atoms in total. The van der Waals surface area contributed by atoms with Crippen molar-refractivity contribution in [2.45, 2.75) is 58.5 Å². The maximum atomic E-state index is 12.3. The lowest BCUT2D eigenvalue weighted by Gasteiger charge is -2.29. The number of hydrogen-bond donors (Lipinski definition) is 2. The van der Waals surface area contributed by atoms with Gasteiger partial charge in [-0.3, -0.25) is 0 Å². The fourth-order valence-corrected chi connectivity index (χ4v) is 3.68. The summed E-state index contributed by atoms with van der Waals surface area (Å²) < 4.78 is 11.0. The van der Waals surface area contributed by atoms with Crippen molar-refractivity contribution in [3.63, 3.8) is 0 Å². The largest absolute Gasteiger partial charge is 0.480 e. The molecule has 1 aliphatic carbocycles. The molecule has 0 fully saturated rings. The molecule has 154 valence electrons. The molecule has 3 rings (SSSR count). The van der Waals surface area contributed by atoms with E-state index in [0.29, 0.717) is 0 Å². The van der Waals surface area contributed by atoms with Crippen LogP contribution in [0.15, 0.2) is 42.5 Å². The Labute approximate surface area is 170 Å². The first-order valence-corrected chi connectivity index (χ1v) is 9.68. The number of benzene rings is 2. The van der Waals surface area contributed by atoms with Crippen LogP contribution in [0.3, 0.4) is 0 Å². The van der Waals surface area contributed by atoms with Crippen LogP contribution in [0.25, 0.3) is 11.1 Å². The van der Waals surface area contributed by atoms with Crippen LogP contribution in [0.1, 0.15) is 44.4 Å². The maximum absolute atomic E-state index is 12.3. The molecule has 2 N–H and O–H groups in total. The van der Waals surface area contributed by atoms with Crippen LogP contribution in [0.4, 0.5) is 4.79 Å². The number of nitrogens with one attached hydrogen (secondary N) is 1. The number of carbonyl (C=O) groups is 2. The number of rotatable bonds is 6. The molecule has 0 radical (unpaired) electrons. The monoisotopic (exact) mass is 397 g/mol. The summed E-state index contributed by atoms with van der Waals surface area (Å²) in [6.07, 6.45) is -0.702. The van der Waals surface area contributed by atoms with Crippen LogP contribution in [-0.4, -0.2) is 34.9 Å². The average Bonchev–Trinajstić information content (AvgIpc) is 3.02. The molecular weight excluding hydrogens is 370 g/mol. The molecule has 0 unspecified atom stereocenters. The smallest absolute Gasteiger partial charge is 0.408 e. The summed E-state index contributed by atoms with van der Waals surface area (Å²) in [5.41, 5.74) is 5.13. The number of amides is 1. The van der Waals surface area contributed by atoms with Crippen LogP contribution >= 0.6 is 0 Å². The number of carbonyl (C=O) groups excluding carboxylic acids is 1. The standard InChI is InChI=1S/C23H27NO5/c1-14(29-23(2,3)4)20(21(25)26)24-22(27)28-13-16-9-7-11-18-17-10-6-5-8-15(17)12-19(16)18/h5-11,14,20H,12-13H2,1-4H3,(H,24,27)(H,25,26)/t14-,20+/m1/s1. The van der Waals surface area contributed by atoms with Crippen LogP contribution in [0.5, 0.6) is 0 Å². The van der Waals surface area contributed by atoms with Gasteiger partial charge in [-0.1, -0.05) is 42.5 Å². The third-order valence-corrected chi connectivity index (χ3v) is 4.85. The number of hydrogen-bond acceptors (Lipinski definition) is 4. The highest BCUT2D eigenvalue weighted by atomic mass is 16.6. The molecule has 29 heavy (non-hydrogen) atoms. The van der Waals surface area contributed by atoms with E-state index in [2.05, 4.69) is 23.5 Å². The van der Waals surface area contributed by atoms with Crippen molar-refractivity contribution < 1.29 is 24.2 Å². The number of ether oxygens (including phenoxy) is 2. The highest BCUT2D eigenvalue weighted by Gasteiger charge is 2.31. The molecule has 2 aromatic rings. The van der Waals surface area contributed by atoms with Gasteiger partial charge < -0.3 is 19.9 Å². The molecular formula is C23H27NO5. The fraction of sp³-hybridized carbons (Fsp3) is 0.391. The summed E-state index contributed by atoms with van der Waals surface area (Å²) in [7, 11) is 0. The highest BCUT2D eigenvalue weighted by Crippen LogP contribution is 2.38. The van der Waals surface area contributed by atoms with Gasteiger partial charge in [-0.25, -0.2) is 9.59 Å². The van der Waals surface area contributed by atoms with Gasteiger partial charge in [-0.05, 0) is 61.9 Å². The molecule has 0 spiro atoms. The highest BCUT2D eigenvalue weighted by molar-refractivity contribution is 5.81. The summed E-state index contributed by atoms with van der Waals surface area (Å²) in [6, 6.07) is 12.9. The normalized spacial score (nSPS) is 14.5. The lowest BCUT2D eigenvalue weighted by molar-refractivity contribution is -0.147. The van der Waals surface area contributed by atoms with E-state index in [4.69, 9.17) is 9.47 Å². The lowest BCUT2D eigenvalue weighted by atomic mass is 10.0. The molecule has 0 heterocycles. The molecule has 1 amide bonds. The number of carboxylic acids is 1. The minimum Gasteiger partial charge on any atom is -0.480 e. The first-order valence-electron chi connectivity index (χ1n) is 9.68. The number of alkyl carbamates (subject to hydrolysis) is 1. The third kappa shape index (κ3) is 4.95. The molecule has 1 aliphatic rings. The van der Waals surface area contributed by atoms with Gasteiger partial charge in [0, 0.05) is 0 Å². The number of aliphatic carboxylic acids is 1. The zero-order chi connectivity index (χ0) is 21.2. The topological polar surface area (TPSA) is 84.9 Å². The Balaban J connectivity index is 1.65. The van der Waals surface area contributed by atoms with Crippen molar-refractivity contribution in [2.75, 3.05) is 0 Å². The van der Waals surface area contributed by atoms with E-state index in [-0.39, 0.29) is 6.61 Å². The summed E-state index contributed by atoms with van der Waals surface area (Å²) in [5.74, 6) is -1.17. The Kier molecular flexibility index (Phi) is 5.94.